The molecule has 10 heavy (non-hydrogen) atoms. The molecule has 2 aliphatic rings. The van der Waals surface area contributed by atoms with Crippen molar-refractivity contribution < 1.29 is 0 Å². The third kappa shape index (κ3) is 0.789. The molecule has 0 radical (unpaired) electrons. The third-order valence-electron chi connectivity index (χ3n) is 1.77. The molecule has 2 N–H and O–H groups in total. The molecule has 3 heteroatoms. The van der Waals surface area contributed by atoms with Crippen molar-refractivity contribution in [2.24, 2.45) is 0 Å². The highest BCUT2D eigenvalue weighted by atomic mass is 15.4. The standard InChI is InChI=1S/C7H11N3/c1-6-2-4-10-5-3-8-7(10)9-6/h2-9H,1H3. The van der Waals surface area contributed by atoms with E-state index in [4.69, 9.17) is 0 Å². The molecule has 0 saturated carbocycles. The molecule has 2 unspecified atom stereocenters. The highest BCUT2D eigenvalue weighted by Crippen LogP contribution is 2.08. The van der Waals surface area contributed by atoms with E-state index in [-0.39, 0.29) is 6.29 Å². The summed E-state index contributed by atoms with van der Waals surface area (Å²) in [7, 11) is 0. The largest absolute Gasteiger partial charge is 0.357 e. The molecule has 2 aliphatic heterocycles. The lowest BCUT2D eigenvalue weighted by atomic mass is 10.3. The summed E-state index contributed by atoms with van der Waals surface area (Å²) >= 11 is 0. The van der Waals surface area contributed by atoms with Gasteiger partial charge in [-0.25, -0.2) is 0 Å². The van der Waals surface area contributed by atoms with Crippen LogP contribution in [0.5, 0.6) is 0 Å². The summed E-state index contributed by atoms with van der Waals surface area (Å²) in [6.45, 7) is 2.13. The van der Waals surface area contributed by atoms with E-state index in [1.54, 1.807) is 0 Å². The van der Waals surface area contributed by atoms with Crippen molar-refractivity contribution in [3.05, 3.63) is 24.7 Å². The van der Waals surface area contributed by atoms with Crippen LogP contribution in [-0.2, 0) is 0 Å². The quantitative estimate of drug-likeness (QED) is 0.497. The first-order valence-electron chi connectivity index (χ1n) is 3.51. The van der Waals surface area contributed by atoms with Gasteiger partial charge < -0.3 is 10.2 Å². The molecular weight excluding hydrogens is 126 g/mol. The molecule has 3 nitrogen and oxygen atoms in total. The van der Waals surface area contributed by atoms with Crippen LogP contribution >= 0.6 is 0 Å². The van der Waals surface area contributed by atoms with Crippen molar-refractivity contribution in [3.63, 3.8) is 0 Å². The fraction of sp³-hybridized carbons (Fsp3) is 0.429. The van der Waals surface area contributed by atoms with Crippen LogP contribution in [0.25, 0.3) is 0 Å². The molecule has 0 aliphatic carbocycles. The number of fused-ring (bicyclic) bond motifs is 1. The lowest BCUT2D eigenvalue weighted by molar-refractivity contribution is 0.271. The van der Waals surface area contributed by atoms with Crippen LogP contribution in [0.3, 0.4) is 0 Å². The first-order chi connectivity index (χ1) is 4.86. The van der Waals surface area contributed by atoms with Gasteiger partial charge in [-0.2, -0.15) is 0 Å². The van der Waals surface area contributed by atoms with Gasteiger partial charge in [-0.15, -0.1) is 0 Å². The normalized spacial score (nSPS) is 35.9. The van der Waals surface area contributed by atoms with Crippen molar-refractivity contribution >= 4 is 0 Å². The monoisotopic (exact) mass is 137 g/mol. The molecule has 0 amide bonds. The van der Waals surface area contributed by atoms with Gasteiger partial charge in [-0.1, -0.05) is 6.08 Å². The van der Waals surface area contributed by atoms with E-state index in [1.807, 2.05) is 12.4 Å². The summed E-state index contributed by atoms with van der Waals surface area (Å²) in [5.41, 5.74) is 0. The predicted octanol–water partition coefficient (Wildman–Crippen LogP) is 0.152. The number of hydrogen-bond donors (Lipinski definition) is 2. The predicted molar refractivity (Wildman–Crippen MR) is 39.6 cm³/mol. The summed E-state index contributed by atoms with van der Waals surface area (Å²) in [4.78, 5) is 2.10. The van der Waals surface area contributed by atoms with E-state index in [9.17, 15) is 0 Å². The van der Waals surface area contributed by atoms with Gasteiger partial charge in [0.05, 0.1) is 0 Å². The maximum atomic E-state index is 3.34. The average molecular weight is 137 g/mol. The molecule has 54 valence electrons. The van der Waals surface area contributed by atoms with Crippen LogP contribution in [0.1, 0.15) is 6.92 Å². The lowest BCUT2D eigenvalue weighted by Gasteiger charge is -2.29. The van der Waals surface area contributed by atoms with Crippen molar-refractivity contribution in [1.82, 2.24) is 15.5 Å². The Morgan fingerprint density at radius 2 is 2.30 bits per heavy atom. The van der Waals surface area contributed by atoms with E-state index in [0.29, 0.717) is 6.04 Å². The fourth-order valence-corrected chi connectivity index (χ4v) is 1.20. The van der Waals surface area contributed by atoms with E-state index in [1.165, 1.54) is 0 Å². The van der Waals surface area contributed by atoms with Gasteiger partial charge in [0.2, 0.25) is 0 Å². The Hall–Kier alpha value is -0.960. The number of nitrogens with zero attached hydrogens (tertiary/aromatic N) is 1. The number of rotatable bonds is 0. The van der Waals surface area contributed by atoms with Crippen molar-refractivity contribution in [1.29, 1.82) is 0 Å². The van der Waals surface area contributed by atoms with Crippen LogP contribution in [0.2, 0.25) is 0 Å². The van der Waals surface area contributed by atoms with Crippen molar-refractivity contribution in [2.45, 2.75) is 19.3 Å². The molecule has 0 fully saturated rings. The zero-order valence-corrected chi connectivity index (χ0v) is 5.91. The summed E-state index contributed by atoms with van der Waals surface area (Å²) in [6, 6.07) is 0.466. The SMILES string of the molecule is CC1C=CN2C=CNC2N1. The average Bonchev–Trinajstić information content (AvgIpc) is 2.33. The van der Waals surface area contributed by atoms with Crippen molar-refractivity contribution in [3.8, 4) is 0 Å². The highest BCUT2D eigenvalue weighted by Gasteiger charge is 2.20. The second-order valence-electron chi connectivity index (χ2n) is 2.63. The van der Waals surface area contributed by atoms with Gasteiger partial charge in [0.1, 0.15) is 0 Å². The molecular formula is C7H11N3. The molecule has 0 spiro atoms. The van der Waals surface area contributed by atoms with Crippen LogP contribution < -0.4 is 10.6 Å². The minimum Gasteiger partial charge on any atom is -0.357 e. The second kappa shape index (κ2) is 2.02. The summed E-state index contributed by atoms with van der Waals surface area (Å²) < 4.78 is 0. The number of hydrogen-bond acceptors (Lipinski definition) is 3. The third-order valence-corrected chi connectivity index (χ3v) is 1.77. The summed E-state index contributed by atoms with van der Waals surface area (Å²) in [5.74, 6) is 0. The van der Waals surface area contributed by atoms with Crippen molar-refractivity contribution in [2.75, 3.05) is 0 Å². The summed E-state index contributed by atoms with van der Waals surface area (Å²) in [6.07, 6.45) is 8.45. The first kappa shape index (κ1) is 5.80. The Balaban J connectivity index is 2.14. The van der Waals surface area contributed by atoms with Crippen LogP contribution in [0.15, 0.2) is 24.7 Å². The Bertz CT molecular complexity index is 185. The lowest BCUT2D eigenvalue weighted by Crippen LogP contribution is -2.51. The van der Waals surface area contributed by atoms with Gasteiger partial charge in [0, 0.05) is 24.6 Å². The zero-order chi connectivity index (χ0) is 6.97. The minimum atomic E-state index is 0.278. The summed E-state index contributed by atoms with van der Waals surface area (Å²) in [5, 5.41) is 6.52. The maximum absolute atomic E-state index is 3.34. The second-order valence-corrected chi connectivity index (χ2v) is 2.63. The zero-order valence-electron chi connectivity index (χ0n) is 5.91. The van der Waals surface area contributed by atoms with Crippen LogP contribution in [0, 0.1) is 0 Å². The first-order valence-corrected chi connectivity index (χ1v) is 3.51. The Morgan fingerprint density at radius 3 is 3.20 bits per heavy atom. The van der Waals surface area contributed by atoms with E-state index < -0.39 is 0 Å². The molecule has 0 aromatic heterocycles. The van der Waals surface area contributed by atoms with Gasteiger partial charge in [0.15, 0.2) is 6.29 Å². The van der Waals surface area contributed by atoms with Gasteiger partial charge in [-0.05, 0) is 6.92 Å². The maximum Gasteiger partial charge on any atom is 0.158 e. The fourth-order valence-electron chi connectivity index (χ4n) is 1.20. The molecule has 2 heterocycles. The minimum absolute atomic E-state index is 0.278. The molecule has 0 aromatic rings. The molecule has 0 bridgehead atoms. The topological polar surface area (TPSA) is 27.3 Å². The van der Waals surface area contributed by atoms with Gasteiger partial charge in [-0.3, -0.25) is 5.32 Å². The van der Waals surface area contributed by atoms with E-state index in [2.05, 4.69) is 34.7 Å². The van der Waals surface area contributed by atoms with Gasteiger partial charge >= 0.3 is 0 Å². The Morgan fingerprint density at radius 1 is 1.40 bits per heavy atom. The highest BCUT2D eigenvalue weighted by molar-refractivity contribution is 5.07. The number of nitrogens with one attached hydrogen (secondary N) is 2. The van der Waals surface area contributed by atoms with E-state index in [0.717, 1.165) is 0 Å². The molecule has 2 atom stereocenters. The van der Waals surface area contributed by atoms with Crippen LogP contribution in [0.4, 0.5) is 0 Å². The molecule has 0 saturated heterocycles. The Labute approximate surface area is 60.4 Å². The van der Waals surface area contributed by atoms with Gasteiger partial charge in [0.25, 0.3) is 0 Å². The smallest absolute Gasteiger partial charge is 0.158 e. The van der Waals surface area contributed by atoms with E-state index >= 15 is 0 Å². The van der Waals surface area contributed by atoms with Crippen LogP contribution in [-0.4, -0.2) is 17.2 Å². The molecule has 0 aromatic carbocycles. The molecule has 2 rings (SSSR count). The Kier molecular flexibility index (Phi) is 1.17.